The van der Waals surface area contributed by atoms with Crippen LogP contribution >= 0.6 is 11.6 Å². The Morgan fingerprint density at radius 1 is 0.762 bits per heavy atom. The number of isocyanates is 2. The van der Waals surface area contributed by atoms with Gasteiger partial charge < -0.3 is 0 Å². The molecule has 0 saturated carbocycles. The predicted molar refractivity (Wildman–Crippen MR) is 77.6 cm³/mol. The van der Waals surface area contributed by atoms with Crippen molar-refractivity contribution in [2.45, 2.75) is 0 Å². The van der Waals surface area contributed by atoms with E-state index in [0.717, 1.165) is 0 Å². The van der Waals surface area contributed by atoms with Gasteiger partial charge in [0.15, 0.2) is 0 Å². The summed E-state index contributed by atoms with van der Waals surface area (Å²) in [5.74, 6) is 0. The lowest BCUT2D eigenvalue weighted by atomic mass is 10.3. The first-order valence-corrected chi connectivity index (χ1v) is 6.08. The normalized spacial score (nSPS) is 9.95. The highest BCUT2D eigenvalue weighted by Crippen LogP contribution is 2.30. The summed E-state index contributed by atoms with van der Waals surface area (Å²) in [5.41, 5.74) is 1.83. The van der Waals surface area contributed by atoms with Crippen molar-refractivity contribution in [3.8, 4) is 0 Å². The molecule has 2 rings (SSSR count). The molecule has 0 spiro atoms. The SMILES string of the molecule is O=C=Nc1ccc(N=Nc2ccc(Cl)c(N=C=O)c2)cc1. The lowest BCUT2D eigenvalue weighted by Gasteiger charge is -1.97. The van der Waals surface area contributed by atoms with Crippen molar-refractivity contribution >= 4 is 46.5 Å². The molecule has 0 aliphatic heterocycles. The molecule has 2 aromatic carbocycles. The van der Waals surface area contributed by atoms with E-state index in [0.29, 0.717) is 22.1 Å². The molecule has 21 heavy (non-hydrogen) atoms. The molecule has 0 heterocycles. The molecule has 7 heteroatoms. The minimum absolute atomic E-state index is 0.277. The van der Waals surface area contributed by atoms with Crippen molar-refractivity contribution in [1.29, 1.82) is 0 Å². The third-order valence-electron chi connectivity index (χ3n) is 2.40. The molecule has 0 aliphatic rings. The van der Waals surface area contributed by atoms with Gasteiger partial charge in [0.2, 0.25) is 12.2 Å². The van der Waals surface area contributed by atoms with Crippen molar-refractivity contribution in [1.82, 2.24) is 0 Å². The van der Waals surface area contributed by atoms with Gasteiger partial charge in [-0.2, -0.15) is 20.2 Å². The minimum Gasteiger partial charge on any atom is -0.211 e. The molecule has 0 fully saturated rings. The number of rotatable bonds is 4. The van der Waals surface area contributed by atoms with Crippen LogP contribution < -0.4 is 0 Å². The monoisotopic (exact) mass is 298 g/mol. The van der Waals surface area contributed by atoms with Crippen molar-refractivity contribution in [3.63, 3.8) is 0 Å². The molecule has 0 unspecified atom stereocenters. The summed E-state index contributed by atoms with van der Waals surface area (Å²) in [6.45, 7) is 0. The molecule has 6 nitrogen and oxygen atoms in total. The second kappa shape index (κ2) is 7.03. The van der Waals surface area contributed by atoms with E-state index in [4.69, 9.17) is 11.6 Å². The highest BCUT2D eigenvalue weighted by molar-refractivity contribution is 6.33. The Kier molecular flexibility index (Phi) is 4.85. The zero-order chi connectivity index (χ0) is 15.1. The molecule has 0 atom stereocenters. The number of carbonyl (C=O) groups excluding carboxylic acids is 2. The van der Waals surface area contributed by atoms with E-state index in [9.17, 15) is 9.59 Å². The van der Waals surface area contributed by atoms with Crippen LogP contribution in [0.1, 0.15) is 0 Å². The van der Waals surface area contributed by atoms with Crippen LogP contribution in [0.4, 0.5) is 22.7 Å². The standard InChI is InChI=1S/C14H7ClN4O2/c15-13-6-5-12(7-14(13)17-9-21)19-18-11-3-1-10(2-4-11)16-8-20/h1-7H. The smallest absolute Gasteiger partial charge is 0.211 e. The van der Waals surface area contributed by atoms with Crippen molar-refractivity contribution in [2.24, 2.45) is 20.2 Å². The summed E-state index contributed by atoms with van der Waals surface area (Å²) in [6.07, 6.45) is 2.87. The molecule has 0 aromatic heterocycles. The molecular weight excluding hydrogens is 292 g/mol. The largest absolute Gasteiger partial charge is 0.240 e. The van der Waals surface area contributed by atoms with Gasteiger partial charge in [0, 0.05) is 0 Å². The Morgan fingerprint density at radius 2 is 1.33 bits per heavy atom. The number of hydrogen-bond donors (Lipinski definition) is 0. The maximum absolute atomic E-state index is 10.3. The Hall–Kier alpha value is -2.91. The van der Waals surface area contributed by atoms with Crippen LogP contribution in [0.2, 0.25) is 5.02 Å². The number of halogens is 1. The van der Waals surface area contributed by atoms with E-state index >= 15 is 0 Å². The number of aliphatic imine (C=N–C) groups is 2. The highest BCUT2D eigenvalue weighted by Gasteiger charge is 2.00. The lowest BCUT2D eigenvalue weighted by molar-refractivity contribution is 0.564. The zero-order valence-corrected chi connectivity index (χ0v) is 11.3. The molecule has 0 radical (unpaired) electrons. The Labute approximate surface area is 124 Å². The van der Waals surface area contributed by atoms with Crippen LogP contribution in [0.5, 0.6) is 0 Å². The first kappa shape index (κ1) is 14.5. The van der Waals surface area contributed by atoms with Crippen LogP contribution in [0.3, 0.4) is 0 Å². The molecule has 0 amide bonds. The summed E-state index contributed by atoms with van der Waals surface area (Å²) >= 11 is 5.85. The second-order valence-electron chi connectivity index (χ2n) is 3.76. The second-order valence-corrected chi connectivity index (χ2v) is 4.17. The first-order chi connectivity index (χ1) is 10.2. The van der Waals surface area contributed by atoms with E-state index in [-0.39, 0.29) is 5.69 Å². The maximum atomic E-state index is 10.3. The number of azo groups is 1. The topological polar surface area (TPSA) is 83.6 Å². The van der Waals surface area contributed by atoms with Crippen LogP contribution in [-0.4, -0.2) is 12.2 Å². The molecule has 0 saturated heterocycles. The van der Waals surface area contributed by atoms with Gasteiger partial charge >= 0.3 is 0 Å². The molecular formula is C14H7ClN4O2. The van der Waals surface area contributed by atoms with Crippen LogP contribution in [0.25, 0.3) is 0 Å². The van der Waals surface area contributed by atoms with Crippen molar-refractivity contribution in [2.75, 3.05) is 0 Å². The van der Waals surface area contributed by atoms with Gasteiger partial charge in [-0.3, -0.25) is 0 Å². The Bertz CT molecular complexity index is 774. The minimum atomic E-state index is 0.277. The fourth-order valence-corrected chi connectivity index (χ4v) is 1.62. The molecule has 0 aliphatic carbocycles. The average Bonchev–Trinajstić information content (AvgIpc) is 2.50. The molecule has 2 aromatic rings. The maximum Gasteiger partial charge on any atom is 0.240 e. The molecule has 102 valence electrons. The van der Waals surface area contributed by atoms with E-state index in [1.54, 1.807) is 36.4 Å². The quantitative estimate of drug-likeness (QED) is 0.466. The van der Waals surface area contributed by atoms with E-state index in [2.05, 4.69) is 20.2 Å². The van der Waals surface area contributed by atoms with Gasteiger partial charge in [0.05, 0.1) is 27.8 Å². The van der Waals surface area contributed by atoms with E-state index < -0.39 is 0 Å². The van der Waals surface area contributed by atoms with Crippen molar-refractivity contribution < 1.29 is 9.59 Å². The summed E-state index contributed by atoms with van der Waals surface area (Å²) in [7, 11) is 0. The van der Waals surface area contributed by atoms with Gasteiger partial charge in [-0.25, -0.2) is 9.59 Å². The van der Waals surface area contributed by atoms with Crippen LogP contribution in [0, 0.1) is 0 Å². The Balaban J connectivity index is 2.22. The predicted octanol–water partition coefficient (Wildman–Crippen LogP) is 4.69. The van der Waals surface area contributed by atoms with Crippen LogP contribution in [0.15, 0.2) is 62.7 Å². The van der Waals surface area contributed by atoms with E-state index in [1.165, 1.54) is 18.2 Å². The van der Waals surface area contributed by atoms with Gasteiger partial charge in [-0.1, -0.05) is 11.6 Å². The fraction of sp³-hybridized carbons (Fsp3) is 0. The summed E-state index contributed by atoms with van der Waals surface area (Å²) in [6, 6.07) is 11.3. The summed E-state index contributed by atoms with van der Waals surface area (Å²) < 4.78 is 0. The number of nitrogens with zero attached hydrogens (tertiary/aromatic N) is 4. The van der Waals surface area contributed by atoms with Crippen molar-refractivity contribution in [3.05, 3.63) is 47.5 Å². The number of benzene rings is 2. The molecule has 0 bridgehead atoms. The molecule has 0 N–H and O–H groups in total. The van der Waals surface area contributed by atoms with Gasteiger partial charge in [-0.15, -0.1) is 0 Å². The first-order valence-electron chi connectivity index (χ1n) is 5.70. The lowest BCUT2D eigenvalue weighted by Crippen LogP contribution is -1.69. The zero-order valence-electron chi connectivity index (χ0n) is 10.5. The van der Waals surface area contributed by atoms with Crippen LogP contribution in [-0.2, 0) is 9.59 Å². The van der Waals surface area contributed by atoms with Gasteiger partial charge in [0.25, 0.3) is 0 Å². The van der Waals surface area contributed by atoms with Gasteiger partial charge in [0.1, 0.15) is 0 Å². The average molecular weight is 299 g/mol. The third kappa shape index (κ3) is 4.03. The number of hydrogen-bond acceptors (Lipinski definition) is 6. The highest BCUT2D eigenvalue weighted by atomic mass is 35.5. The third-order valence-corrected chi connectivity index (χ3v) is 2.72. The van der Waals surface area contributed by atoms with E-state index in [1.807, 2.05) is 0 Å². The Morgan fingerprint density at radius 3 is 2.00 bits per heavy atom. The van der Waals surface area contributed by atoms with Gasteiger partial charge in [-0.05, 0) is 42.5 Å². The fourth-order valence-electron chi connectivity index (χ4n) is 1.46. The summed E-state index contributed by atoms with van der Waals surface area (Å²) in [4.78, 5) is 27.3. The summed E-state index contributed by atoms with van der Waals surface area (Å²) in [5, 5.41) is 8.34.